The van der Waals surface area contributed by atoms with Crippen LogP contribution < -0.4 is 5.32 Å². The summed E-state index contributed by atoms with van der Waals surface area (Å²) < 4.78 is 26.5. The Morgan fingerprint density at radius 1 is 1.23 bits per heavy atom. The molecule has 0 radical (unpaired) electrons. The van der Waals surface area contributed by atoms with Crippen LogP contribution in [0.4, 0.5) is 8.78 Å². The summed E-state index contributed by atoms with van der Waals surface area (Å²) in [6, 6.07) is 0.238. The smallest absolute Gasteiger partial charge is 0.249 e. The molecule has 2 saturated carbocycles. The Morgan fingerprint density at radius 2 is 1.97 bits per heavy atom. The fraction of sp³-hybridized carbons (Fsp3) is 0.615. The van der Waals surface area contributed by atoms with E-state index in [1.54, 1.807) is 35.9 Å². The van der Waals surface area contributed by atoms with Crippen LogP contribution in [0.2, 0.25) is 0 Å². The minimum Gasteiger partial charge on any atom is -0.350 e. The lowest BCUT2D eigenvalue weighted by atomic mass is 9.82. The van der Waals surface area contributed by atoms with E-state index >= 15 is 0 Å². The number of thiazole rings is 1. The quantitative estimate of drug-likeness (QED) is 0.547. The van der Waals surface area contributed by atoms with Gasteiger partial charge in [-0.05, 0) is 64.0 Å². The molecule has 35 heavy (non-hydrogen) atoms. The van der Waals surface area contributed by atoms with Gasteiger partial charge < -0.3 is 5.32 Å². The minimum atomic E-state index is -2.49. The number of halogens is 2. The standard InChI is InChI=1S/C26H33F2N5OS/c1-17-29-14-19(15-30-17)4-7-24(34)31-21-5-2-18(3-6-21)8-10-33-11-9-23-22(16-33)32-25(35-23)20-12-26(27,28)13-20/h4,7,14-15,18,20-21H,2-3,5-6,8-13,16H2,1H3,(H,31,34)/b7-4+. The third kappa shape index (κ3) is 6.30. The number of rotatable bonds is 7. The molecule has 2 aromatic rings. The van der Waals surface area contributed by atoms with Crippen molar-refractivity contribution in [3.8, 4) is 0 Å². The molecule has 0 saturated heterocycles. The second-order valence-electron chi connectivity index (χ2n) is 10.3. The molecule has 0 atom stereocenters. The van der Waals surface area contributed by atoms with Crippen molar-refractivity contribution in [1.29, 1.82) is 0 Å². The first-order valence-corrected chi connectivity index (χ1v) is 13.5. The predicted molar refractivity (Wildman–Crippen MR) is 132 cm³/mol. The normalized spacial score (nSPS) is 24.8. The summed E-state index contributed by atoms with van der Waals surface area (Å²) in [6.07, 6.45) is 13.1. The lowest BCUT2D eigenvalue weighted by Gasteiger charge is -2.33. The molecule has 1 N–H and O–H groups in total. The highest BCUT2D eigenvalue weighted by Gasteiger charge is 2.47. The van der Waals surface area contributed by atoms with Crippen LogP contribution in [0.1, 0.15) is 77.8 Å². The molecule has 9 heteroatoms. The van der Waals surface area contributed by atoms with Crippen LogP contribution in [0.5, 0.6) is 0 Å². The summed E-state index contributed by atoms with van der Waals surface area (Å²) in [5, 5.41) is 4.05. The molecule has 2 aliphatic carbocycles. The number of aryl methyl sites for hydroxylation is 1. The Balaban J connectivity index is 1.01. The van der Waals surface area contributed by atoms with Gasteiger partial charge in [0.2, 0.25) is 11.8 Å². The van der Waals surface area contributed by atoms with Crippen LogP contribution in [0.25, 0.3) is 6.08 Å². The third-order valence-corrected chi connectivity index (χ3v) is 8.86. The number of amides is 1. The van der Waals surface area contributed by atoms with E-state index in [4.69, 9.17) is 4.98 Å². The molecular formula is C26H33F2N5OS. The van der Waals surface area contributed by atoms with Crippen molar-refractivity contribution >= 4 is 23.3 Å². The number of hydrogen-bond acceptors (Lipinski definition) is 6. The van der Waals surface area contributed by atoms with Crippen LogP contribution in [0.15, 0.2) is 18.5 Å². The number of alkyl halides is 2. The number of aromatic nitrogens is 3. The van der Waals surface area contributed by atoms with E-state index in [2.05, 4.69) is 20.2 Å². The highest BCUT2D eigenvalue weighted by atomic mass is 32.1. The number of hydrogen-bond donors (Lipinski definition) is 1. The molecule has 6 nitrogen and oxygen atoms in total. The van der Waals surface area contributed by atoms with Crippen molar-refractivity contribution < 1.29 is 13.6 Å². The molecule has 0 bridgehead atoms. The van der Waals surface area contributed by atoms with Gasteiger partial charge in [-0.3, -0.25) is 9.69 Å². The van der Waals surface area contributed by atoms with Gasteiger partial charge in [-0.25, -0.2) is 23.7 Å². The number of nitrogens with zero attached hydrogens (tertiary/aromatic N) is 4. The van der Waals surface area contributed by atoms with Crippen molar-refractivity contribution in [1.82, 2.24) is 25.2 Å². The van der Waals surface area contributed by atoms with Crippen molar-refractivity contribution in [2.24, 2.45) is 5.92 Å². The van der Waals surface area contributed by atoms with Gasteiger partial charge in [0.05, 0.1) is 10.7 Å². The lowest BCUT2D eigenvalue weighted by molar-refractivity contribution is -0.117. The first-order valence-electron chi connectivity index (χ1n) is 12.7. The molecule has 3 aliphatic rings. The van der Waals surface area contributed by atoms with Crippen molar-refractivity contribution in [3.63, 3.8) is 0 Å². The van der Waals surface area contributed by atoms with E-state index in [-0.39, 0.29) is 30.7 Å². The number of nitrogens with one attached hydrogen (secondary N) is 1. The van der Waals surface area contributed by atoms with E-state index in [9.17, 15) is 13.6 Å². The lowest BCUT2D eigenvalue weighted by Crippen LogP contribution is -2.37. The Bertz CT molecular complexity index is 1050. The van der Waals surface area contributed by atoms with E-state index in [1.807, 2.05) is 6.92 Å². The zero-order valence-corrected chi connectivity index (χ0v) is 21.0. The Kier molecular flexibility index (Phi) is 7.25. The Morgan fingerprint density at radius 3 is 2.69 bits per heavy atom. The van der Waals surface area contributed by atoms with Crippen LogP contribution in [0.3, 0.4) is 0 Å². The second kappa shape index (κ2) is 10.4. The van der Waals surface area contributed by atoms with E-state index in [0.717, 1.165) is 74.4 Å². The highest BCUT2D eigenvalue weighted by Crippen LogP contribution is 2.49. The molecule has 0 unspecified atom stereocenters. The molecule has 2 aromatic heterocycles. The average Bonchev–Trinajstić information content (AvgIpc) is 3.25. The largest absolute Gasteiger partial charge is 0.350 e. The average molecular weight is 502 g/mol. The monoisotopic (exact) mass is 501 g/mol. The third-order valence-electron chi connectivity index (χ3n) is 7.54. The van der Waals surface area contributed by atoms with Gasteiger partial charge in [-0.15, -0.1) is 11.3 Å². The molecule has 0 spiro atoms. The van der Waals surface area contributed by atoms with Crippen LogP contribution in [0, 0.1) is 12.8 Å². The van der Waals surface area contributed by atoms with Crippen LogP contribution in [-0.2, 0) is 17.8 Å². The molecule has 1 amide bonds. The van der Waals surface area contributed by atoms with Gasteiger partial charge >= 0.3 is 0 Å². The Labute approximate surface area is 209 Å². The van der Waals surface area contributed by atoms with Gasteiger partial charge in [0.1, 0.15) is 5.82 Å². The SMILES string of the molecule is Cc1ncc(/C=C/C(=O)NC2CCC(CCN3CCc4sc(C5CC(F)(F)C5)nc4C3)CC2)cn1. The molecule has 1 aliphatic heterocycles. The Hall–Kier alpha value is -2.26. The maximum absolute atomic E-state index is 13.2. The molecular weight excluding hydrogens is 468 g/mol. The predicted octanol–water partition coefficient (Wildman–Crippen LogP) is 4.89. The fourth-order valence-corrected chi connectivity index (χ4v) is 6.51. The molecule has 5 rings (SSSR count). The first kappa shape index (κ1) is 24.4. The number of fused-ring (bicyclic) bond motifs is 1. The maximum Gasteiger partial charge on any atom is 0.249 e. The number of carbonyl (C=O) groups is 1. The summed E-state index contributed by atoms with van der Waals surface area (Å²) in [6.45, 7) is 4.76. The first-order chi connectivity index (χ1) is 16.8. The van der Waals surface area contributed by atoms with Crippen molar-refractivity contribution in [3.05, 3.63) is 45.4 Å². The summed E-state index contributed by atoms with van der Waals surface area (Å²) in [7, 11) is 0. The summed E-state index contributed by atoms with van der Waals surface area (Å²) in [5.41, 5.74) is 1.93. The van der Waals surface area contributed by atoms with Crippen LogP contribution in [-0.4, -0.2) is 50.8 Å². The zero-order valence-electron chi connectivity index (χ0n) is 20.2. The summed E-state index contributed by atoms with van der Waals surface area (Å²) >= 11 is 1.66. The maximum atomic E-state index is 13.2. The fourth-order valence-electron chi connectivity index (χ4n) is 5.34. The van der Waals surface area contributed by atoms with E-state index < -0.39 is 5.92 Å². The second-order valence-corrected chi connectivity index (χ2v) is 11.4. The van der Waals surface area contributed by atoms with E-state index in [1.165, 1.54) is 4.88 Å². The van der Waals surface area contributed by atoms with Gasteiger partial charge in [-0.2, -0.15) is 0 Å². The summed E-state index contributed by atoms with van der Waals surface area (Å²) in [5.74, 6) is -1.20. The van der Waals surface area contributed by atoms with Gasteiger partial charge in [0.15, 0.2) is 0 Å². The molecule has 2 fully saturated rings. The van der Waals surface area contributed by atoms with E-state index in [0.29, 0.717) is 11.7 Å². The van der Waals surface area contributed by atoms with Crippen LogP contribution >= 0.6 is 11.3 Å². The molecule has 3 heterocycles. The topological polar surface area (TPSA) is 71.0 Å². The zero-order chi connectivity index (χ0) is 24.4. The molecule has 0 aromatic carbocycles. The van der Waals surface area contributed by atoms with Gasteiger partial charge in [0.25, 0.3) is 0 Å². The minimum absolute atomic E-state index is 0.0375. The van der Waals surface area contributed by atoms with Gasteiger partial charge in [0, 0.05) is 66.8 Å². The van der Waals surface area contributed by atoms with Crippen molar-refractivity contribution in [2.45, 2.75) is 82.7 Å². The van der Waals surface area contributed by atoms with Gasteiger partial charge in [-0.1, -0.05) is 0 Å². The van der Waals surface area contributed by atoms with Crippen molar-refractivity contribution in [2.75, 3.05) is 13.1 Å². The number of carbonyl (C=O) groups excluding carboxylic acids is 1. The highest BCUT2D eigenvalue weighted by molar-refractivity contribution is 7.11. The molecule has 188 valence electrons. The summed E-state index contributed by atoms with van der Waals surface area (Å²) in [4.78, 5) is 29.1.